The quantitative estimate of drug-likeness (QED) is 0.492. The van der Waals surface area contributed by atoms with Gasteiger partial charge in [-0.1, -0.05) is 48.8 Å². The molecule has 0 N–H and O–H groups in total. The second-order valence-electron chi connectivity index (χ2n) is 8.87. The molecule has 1 unspecified atom stereocenters. The first-order valence-electron chi connectivity index (χ1n) is 12.0. The average Bonchev–Trinajstić information content (AvgIpc) is 3.04. The van der Waals surface area contributed by atoms with Gasteiger partial charge in [0.1, 0.15) is 18.1 Å². The van der Waals surface area contributed by atoms with E-state index in [9.17, 15) is 4.79 Å². The maximum atomic E-state index is 12.1. The van der Waals surface area contributed by atoms with Gasteiger partial charge in [-0.3, -0.25) is 9.69 Å². The van der Waals surface area contributed by atoms with Crippen molar-refractivity contribution in [2.24, 2.45) is 0 Å². The van der Waals surface area contributed by atoms with Gasteiger partial charge in [-0.2, -0.15) is 5.26 Å². The number of allylic oxidation sites excluding steroid dienone is 6. The third kappa shape index (κ3) is 6.33. The Balaban J connectivity index is 1.28. The second-order valence-corrected chi connectivity index (χ2v) is 8.87. The smallest absolute Gasteiger partial charge is 0.248 e. The molecule has 0 saturated carbocycles. The molecule has 0 spiro atoms. The Hall–Kier alpha value is -3.43. The van der Waals surface area contributed by atoms with Gasteiger partial charge < -0.3 is 9.15 Å². The molecule has 176 valence electrons. The van der Waals surface area contributed by atoms with Crippen LogP contribution in [0.15, 0.2) is 64.8 Å². The van der Waals surface area contributed by atoms with Gasteiger partial charge in [0.25, 0.3) is 0 Å². The molecule has 34 heavy (non-hydrogen) atoms. The monoisotopic (exact) mass is 457 g/mol. The van der Waals surface area contributed by atoms with Crippen LogP contribution in [0.25, 0.3) is 5.57 Å². The summed E-state index contributed by atoms with van der Waals surface area (Å²) in [5.41, 5.74) is 4.21. The lowest BCUT2D eigenvalue weighted by Gasteiger charge is -2.27. The molecule has 0 radical (unpaired) electrons. The van der Waals surface area contributed by atoms with Crippen LogP contribution in [0.5, 0.6) is 5.75 Å². The Kier molecular flexibility index (Phi) is 8.11. The lowest BCUT2D eigenvalue weighted by Crippen LogP contribution is -2.39. The maximum Gasteiger partial charge on any atom is 0.248 e. The summed E-state index contributed by atoms with van der Waals surface area (Å²) in [5.74, 6) is 1.11. The Morgan fingerprint density at radius 1 is 1.21 bits per heavy atom. The fourth-order valence-corrected chi connectivity index (χ4v) is 4.37. The van der Waals surface area contributed by atoms with Gasteiger partial charge in [-0.15, -0.1) is 0 Å². The molecular formula is C28H31N3O3. The Morgan fingerprint density at radius 2 is 2.06 bits per heavy atom. The van der Waals surface area contributed by atoms with Crippen molar-refractivity contribution in [3.8, 4) is 11.8 Å². The van der Waals surface area contributed by atoms with Gasteiger partial charge in [0.2, 0.25) is 11.7 Å². The lowest BCUT2D eigenvalue weighted by molar-refractivity contribution is -0.119. The first-order chi connectivity index (χ1) is 16.6. The van der Waals surface area contributed by atoms with Crippen LogP contribution in [0.3, 0.4) is 0 Å². The zero-order chi connectivity index (χ0) is 23.8. The zero-order valence-corrected chi connectivity index (χ0v) is 19.7. The van der Waals surface area contributed by atoms with E-state index in [0.29, 0.717) is 25.5 Å². The van der Waals surface area contributed by atoms with Gasteiger partial charge in [0, 0.05) is 18.5 Å². The summed E-state index contributed by atoms with van der Waals surface area (Å²) in [7, 11) is 0. The van der Waals surface area contributed by atoms with Crippen molar-refractivity contribution < 1.29 is 13.9 Å². The van der Waals surface area contributed by atoms with Crippen LogP contribution in [0.4, 0.5) is 0 Å². The first kappa shape index (κ1) is 23.7. The number of oxazole rings is 1. The number of nitrogens with zero attached hydrogens (tertiary/aromatic N) is 3. The third-order valence-electron chi connectivity index (χ3n) is 6.31. The molecule has 6 heteroatoms. The van der Waals surface area contributed by atoms with E-state index in [4.69, 9.17) is 14.4 Å². The highest BCUT2D eigenvalue weighted by Gasteiger charge is 2.27. The van der Waals surface area contributed by atoms with Gasteiger partial charge in [-0.25, -0.2) is 4.98 Å². The van der Waals surface area contributed by atoms with Gasteiger partial charge in [-0.05, 0) is 56.5 Å². The lowest BCUT2D eigenvalue weighted by atomic mass is 10.1. The molecule has 0 bridgehead atoms. The highest BCUT2D eigenvalue weighted by molar-refractivity contribution is 5.97. The van der Waals surface area contributed by atoms with Crippen molar-refractivity contribution in [2.45, 2.75) is 58.0 Å². The van der Waals surface area contributed by atoms with Crippen LogP contribution < -0.4 is 4.74 Å². The van der Waals surface area contributed by atoms with E-state index in [2.05, 4.69) is 35.0 Å². The van der Waals surface area contributed by atoms with Crippen LogP contribution in [-0.4, -0.2) is 34.9 Å². The van der Waals surface area contributed by atoms with E-state index < -0.39 is 0 Å². The molecule has 1 aliphatic heterocycles. The van der Waals surface area contributed by atoms with Crippen molar-refractivity contribution in [2.75, 3.05) is 13.2 Å². The minimum Gasteiger partial charge on any atom is -0.493 e. The van der Waals surface area contributed by atoms with E-state index in [1.165, 1.54) is 5.57 Å². The number of likely N-dealkylation sites (tertiary alicyclic amines) is 1. The topological polar surface area (TPSA) is 79.4 Å². The summed E-state index contributed by atoms with van der Waals surface area (Å²) >= 11 is 0. The first-order valence-corrected chi connectivity index (χ1v) is 12.0. The van der Waals surface area contributed by atoms with E-state index in [1.54, 1.807) is 6.26 Å². The molecule has 1 aliphatic carbocycles. The molecule has 1 saturated heterocycles. The fraction of sp³-hybridized carbons (Fsp3) is 0.393. The van der Waals surface area contributed by atoms with Crippen molar-refractivity contribution in [1.29, 1.82) is 5.26 Å². The summed E-state index contributed by atoms with van der Waals surface area (Å²) in [6.07, 6.45) is 15.6. The highest BCUT2D eigenvalue weighted by atomic mass is 16.5. The van der Waals surface area contributed by atoms with Crippen LogP contribution in [0, 0.1) is 11.3 Å². The molecule has 1 aromatic carbocycles. The molecule has 2 aliphatic rings. The number of hydrogen-bond donors (Lipinski definition) is 0. The van der Waals surface area contributed by atoms with E-state index in [1.807, 2.05) is 36.4 Å². The molecule has 6 nitrogen and oxygen atoms in total. The van der Waals surface area contributed by atoms with E-state index in [0.717, 1.165) is 61.2 Å². The second kappa shape index (κ2) is 11.6. The number of ether oxygens (including phenoxy) is 1. The highest BCUT2D eigenvalue weighted by Crippen LogP contribution is 2.22. The Morgan fingerprint density at radius 3 is 2.88 bits per heavy atom. The summed E-state index contributed by atoms with van der Waals surface area (Å²) in [5, 5.41) is 9.09. The Labute approximate surface area is 201 Å². The number of carbonyl (C=O) groups excluding carboxylic acids is 1. The largest absolute Gasteiger partial charge is 0.493 e. The summed E-state index contributed by atoms with van der Waals surface area (Å²) in [6, 6.07) is 9.51. The molecule has 0 amide bonds. The molecule has 4 rings (SSSR count). The number of benzene rings is 1. The zero-order valence-electron chi connectivity index (χ0n) is 19.7. The number of aromatic nitrogens is 1. The van der Waals surface area contributed by atoms with Crippen LogP contribution >= 0.6 is 0 Å². The number of hydrogen-bond acceptors (Lipinski definition) is 6. The van der Waals surface area contributed by atoms with Crippen LogP contribution in [0.1, 0.15) is 56.2 Å². The Bertz CT molecular complexity index is 1120. The van der Waals surface area contributed by atoms with Crippen LogP contribution in [0.2, 0.25) is 0 Å². The molecule has 1 aromatic heterocycles. The third-order valence-corrected chi connectivity index (χ3v) is 6.31. The average molecular weight is 458 g/mol. The number of nitriles is 1. The SMILES string of the molecule is CC1=CCC=C(c2nc(CCOc3ccc(CN4CCCCCC4C(=O)C#N)cc3)co2)C=C1. The number of carbonyl (C=O) groups is 1. The molecule has 1 atom stereocenters. The summed E-state index contributed by atoms with van der Waals surface area (Å²) in [4.78, 5) is 18.8. The van der Waals surface area contributed by atoms with Gasteiger partial charge >= 0.3 is 0 Å². The van der Waals surface area contributed by atoms with Gasteiger partial charge in [0.05, 0.1) is 18.3 Å². The minimum atomic E-state index is -0.323. The predicted molar refractivity (Wildman–Crippen MR) is 131 cm³/mol. The number of ketones is 1. The standard InChI is InChI=1S/C28H31N3O3/c1-21-6-5-7-23(12-9-21)28-30-24(20-34-28)15-17-33-25-13-10-22(11-14-25)19-31-16-4-2-3-8-26(31)27(32)18-29/h6-7,9-14,20,26H,2-5,8,15-17,19H2,1H3. The predicted octanol–water partition coefficient (Wildman–Crippen LogP) is 5.42. The minimum absolute atomic E-state index is 0.291. The van der Waals surface area contributed by atoms with Crippen LogP contribution in [-0.2, 0) is 17.8 Å². The van der Waals surface area contributed by atoms with Crippen molar-refractivity contribution in [3.63, 3.8) is 0 Å². The molecule has 2 heterocycles. The molecular weight excluding hydrogens is 426 g/mol. The van der Waals surface area contributed by atoms with Gasteiger partial charge in [0.15, 0.2) is 0 Å². The van der Waals surface area contributed by atoms with Crippen molar-refractivity contribution in [1.82, 2.24) is 9.88 Å². The van der Waals surface area contributed by atoms with E-state index in [-0.39, 0.29) is 11.8 Å². The normalized spacial score (nSPS) is 18.9. The fourth-order valence-electron chi connectivity index (χ4n) is 4.37. The maximum absolute atomic E-state index is 12.1. The van der Waals surface area contributed by atoms with Crippen molar-refractivity contribution in [3.05, 3.63) is 77.6 Å². The molecule has 2 aromatic rings. The number of Topliss-reactive ketones (excluding diaryl/α,β-unsaturated/α-hetero) is 1. The van der Waals surface area contributed by atoms with Crippen molar-refractivity contribution >= 4 is 11.4 Å². The summed E-state index contributed by atoms with van der Waals surface area (Å²) in [6.45, 7) is 4.10. The number of rotatable bonds is 8. The molecule has 1 fully saturated rings. The summed E-state index contributed by atoms with van der Waals surface area (Å²) < 4.78 is 11.6. The van der Waals surface area contributed by atoms with E-state index >= 15 is 0 Å².